The van der Waals surface area contributed by atoms with Gasteiger partial charge in [-0.1, -0.05) is 23.7 Å². The van der Waals surface area contributed by atoms with E-state index in [2.05, 4.69) is 20.3 Å². The van der Waals surface area contributed by atoms with E-state index < -0.39 is 0 Å². The Morgan fingerprint density at radius 3 is 2.67 bits per heavy atom. The summed E-state index contributed by atoms with van der Waals surface area (Å²) in [5.41, 5.74) is 2.20. The summed E-state index contributed by atoms with van der Waals surface area (Å²) in [6, 6.07) is 14.4. The van der Waals surface area contributed by atoms with Crippen LogP contribution in [0.25, 0.3) is 0 Å². The molecule has 0 amide bonds. The molecule has 1 saturated heterocycles. The van der Waals surface area contributed by atoms with E-state index >= 15 is 0 Å². The molecule has 7 heteroatoms. The highest BCUT2D eigenvalue weighted by Gasteiger charge is 2.22. The number of benzene rings is 2. The van der Waals surface area contributed by atoms with Crippen LogP contribution in [0.2, 0.25) is 5.02 Å². The molecule has 0 bridgehead atoms. The van der Waals surface area contributed by atoms with Gasteiger partial charge in [0.05, 0.1) is 6.54 Å². The van der Waals surface area contributed by atoms with E-state index in [-0.39, 0.29) is 5.82 Å². The fraction of sp³-hybridized carbons (Fsp3) is 0.300. The Hall–Kier alpha value is -2.60. The van der Waals surface area contributed by atoms with Crippen LogP contribution in [-0.4, -0.2) is 34.4 Å². The van der Waals surface area contributed by atoms with E-state index in [9.17, 15) is 4.39 Å². The number of nitrogens with zero attached hydrogens (tertiary/aromatic N) is 4. The van der Waals surface area contributed by atoms with Crippen molar-refractivity contribution in [1.82, 2.24) is 14.8 Å². The van der Waals surface area contributed by atoms with Crippen molar-refractivity contribution in [3.05, 3.63) is 71.3 Å². The first kappa shape index (κ1) is 17.8. The van der Waals surface area contributed by atoms with Gasteiger partial charge in [0.25, 0.3) is 0 Å². The van der Waals surface area contributed by atoms with E-state index in [1.54, 1.807) is 6.33 Å². The van der Waals surface area contributed by atoms with Crippen LogP contribution in [0.1, 0.15) is 12.0 Å². The number of anilines is 2. The third-order valence-electron chi connectivity index (χ3n) is 4.82. The molecule has 1 N–H and O–H groups in total. The Labute approximate surface area is 162 Å². The minimum atomic E-state index is -0.198. The lowest BCUT2D eigenvalue weighted by Gasteiger charge is -2.18. The number of halogens is 2. The molecule has 0 radical (unpaired) electrons. The Kier molecular flexibility index (Phi) is 5.25. The van der Waals surface area contributed by atoms with Crippen LogP contribution in [0.3, 0.4) is 0 Å². The number of nitrogens with one attached hydrogen (secondary N) is 1. The van der Waals surface area contributed by atoms with E-state index in [1.165, 1.54) is 12.1 Å². The summed E-state index contributed by atoms with van der Waals surface area (Å²) in [5.74, 6) is 0.957. The molecule has 5 nitrogen and oxygen atoms in total. The van der Waals surface area contributed by atoms with Crippen LogP contribution in [0.15, 0.2) is 54.9 Å². The second kappa shape index (κ2) is 7.96. The Bertz CT molecular complexity index is 878. The largest absolute Gasteiger partial charge is 0.371 e. The van der Waals surface area contributed by atoms with E-state index in [4.69, 9.17) is 11.6 Å². The summed E-state index contributed by atoms with van der Waals surface area (Å²) < 4.78 is 14.9. The monoisotopic (exact) mass is 385 g/mol. The van der Waals surface area contributed by atoms with Crippen LogP contribution in [-0.2, 0) is 6.54 Å². The van der Waals surface area contributed by atoms with Gasteiger partial charge in [-0.25, -0.2) is 14.1 Å². The standard InChI is InChI=1S/C20H21ClFN5/c21-17-3-1-15(2-4-17)13-27-14-24-20(25-27)23-11-16-9-10-26(12-16)19-7-5-18(22)6-8-19/h1-8,14,16H,9-13H2,(H,23,25)/t16-/m0/s1. The summed E-state index contributed by atoms with van der Waals surface area (Å²) in [6.45, 7) is 3.41. The lowest BCUT2D eigenvalue weighted by atomic mass is 10.1. The molecule has 3 aromatic rings. The lowest BCUT2D eigenvalue weighted by Crippen LogP contribution is -2.22. The topological polar surface area (TPSA) is 46.0 Å². The molecule has 2 heterocycles. The van der Waals surface area contributed by atoms with E-state index in [0.29, 0.717) is 18.4 Å². The summed E-state index contributed by atoms with van der Waals surface area (Å²) in [7, 11) is 0. The SMILES string of the molecule is Fc1ccc(N2CC[C@@H](CNc3ncn(Cc4ccc(Cl)cc4)n3)C2)cc1. The van der Waals surface area contributed by atoms with E-state index in [1.807, 2.05) is 41.1 Å². The second-order valence-electron chi connectivity index (χ2n) is 6.85. The van der Waals surface area contributed by atoms with Crippen LogP contribution in [0.5, 0.6) is 0 Å². The van der Waals surface area contributed by atoms with Gasteiger partial charge in [0.2, 0.25) is 5.95 Å². The maximum atomic E-state index is 13.1. The predicted octanol–water partition coefficient (Wildman–Crippen LogP) is 4.06. The first-order chi connectivity index (χ1) is 13.2. The minimum Gasteiger partial charge on any atom is -0.371 e. The van der Waals surface area contributed by atoms with Crippen molar-refractivity contribution in [2.45, 2.75) is 13.0 Å². The van der Waals surface area contributed by atoms with Crippen molar-refractivity contribution >= 4 is 23.2 Å². The van der Waals surface area contributed by atoms with Gasteiger partial charge in [0, 0.05) is 30.3 Å². The van der Waals surface area contributed by atoms with Gasteiger partial charge in [-0.3, -0.25) is 0 Å². The molecule has 1 aliphatic heterocycles. The van der Waals surface area contributed by atoms with Gasteiger partial charge < -0.3 is 10.2 Å². The quantitative estimate of drug-likeness (QED) is 0.695. The average molecular weight is 386 g/mol. The predicted molar refractivity (Wildman–Crippen MR) is 106 cm³/mol. The van der Waals surface area contributed by atoms with Gasteiger partial charge in [-0.05, 0) is 54.3 Å². The smallest absolute Gasteiger partial charge is 0.242 e. The average Bonchev–Trinajstić information content (AvgIpc) is 3.32. The van der Waals surface area contributed by atoms with E-state index in [0.717, 1.165) is 42.3 Å². The first-order valence-electron chi connectivity index (χ1n) is 9.04. The van der Waals surface area contributed by atoms with Gasteiger partial charge in [0.15, 0.2) is 0 Å². The number of aromatic nitrogens is 3. The molecular formula is C20H21ClFN5. The Morgan fingerprint density at radius 1 is 1.11 bits per heavy atom. The number of rotatable bonds is 6. The molecule has 0 aliphatic carbocycles. The third-order valence-corrected chi connectivity index (χ3v) is 5.07. The van der Waals surface area contributed by atoms with Crippen LogP contribution >= 0.6 is 11.6 Å². The number of hydrogen-bond acceptors (Lipinski definition) is 4. The van der Waals surface area contributed by atoms with Crippen molar-refractivity contribution in [1.29, 1.82) is 0 Å². The molecule has 1 fully saturated rings. The zero-order valence-electron chi connectivity index (χ0n) is 14.9. The molecule has 0 unspecified atom stereocenters. The van der Waals surface area contributed by atoms with Crippen molar-refractivity contribution in [2.24, 2.45) is 5.92 Å². The van der Waals surface area contributed by atoms with Gasteiger partial charge in [-0.15, -0.1) is 5.10 Å². The summed E-state index contributed by atoms with van der Waals surface area (Å²) in [5, 5.41) is 8.54. The molecular weight excluding hydrogens is 365 g/mol. The summed E-state index contributed by atoms with van der Waals surface area (Å²) in [6.07, 6.45) is 2.83. The zero-order valence-corrected chi connectivity index (χ0v) is 15.6. The van der Waals surface area contributed by atoms with Crippen LogP contribution in [0.4, 0.5) is 16.0 Å². The molecule has 27 heavy (non-hydrogen) atoms. The minimum absolute atomic E-state index is 0.198. The molecule has 140 valence electrons. The highest BCUT2D eigenvalue weighted by Crippen LogP contribution is 2.24. The van der Waals surface area contributed by atoms with Crippen molar-refractivity contribution < 1.29 is 4.39 Å². The Morgan fingerprint density at radius 2 is 1.89 bits per heavy atom. The third kappa shape index (κ3) is 4.57. The fourth-order valence-electron chi connectivity index (χ4n) is 3.35. The lowest BCUT2D eigenvalue weighted by molar-refractivity contribution is 0.616. The molecule has 1 atom stereocenters. The van der Waals surface area contributed by atoms with Crippen molar-refractivity contribution in [3.63, 3.8) is 0 Å². The van der Waals surface area contributed by atoms with Gasteiger partial charge in [0.1, 0.15) is 12.1 Å². The highest BCUT2D eigenvalue weighted by atomic mass is 35.5. The molecule has 0 saturated carbocycles. The van der Waals surface area contributed by atoms with Crippen molar-refractivity contribution in [2.75, 3.05) is 29.9 Å². The molecule has 0 spiro atoms. The highest BCUT2D eigenvalue weighted by molar-refractivity contribution is 6.30. The fourth-order valence-corrected chi connectivity index (χ4v) is 3.48. The summed E-state index contributed by atoms with van der Waals surface area (Å²) >= 11 is 5.91. The molecule has 2 aromatic carbocycles. The summed E-state index contributed by atoms with van der Waals surface area (Å²) in [4.78, 5) is 6.63. The first-order valence-corrected chi connectivity index (χ1v) is 9.42. The molecule has 1 aliphatic rings. The second-order valence-corrected chi connectivity index (χ2v) is 7.29. The van der Waals surface area contributed by atoms with Crippen LogP contribution in [0, 0.1) is 11.7 Å². The maximum Gasteiger partial charge on any atom is 0.242 e. The normalized spacial score (nSPS) is 16.7. The Balaban J connectivity index is 1.27. The molecule has 1 aromatic heterocycles. The maximum absolute atomic E-state index is 13.1. The van der Waals surface area contributed by atoms with Gasteiger partial charge in [-0.2, -0.15) is 0 Å². The van der Waals surface area contributed by atoms with Gasteiger partial charge >= 0.3 is 0 Å². The number of hydrogen-bond donors (Lipinski definition) is 1. The van der Waals surface area contributed by atoms with Crippen LogP contribution < -0.4 is 10.2 Å². The van der Waals surface area contributed by atoms with Crippen molar-refractivity contribution in [3.8, 4) is 0 Å². The molecule has 4 rings (SSSR count). The zero-order chi connectivity index (χ0) is 18.6.